The number of rotatable bonds is 5. The van der Waals surface area contributed by atoms with Crippen molar-refractivity contribution in [3.63, 3.8) is 0 Å². The summed E-state index contributed by atoms with van der Waals surface area (Å²) in [5.41, 5.74) is 0. The minimum atomic E-state index is -2.97. The van der Waals surface area contributed by atoms with E-state index in [1.165, 1.54) is 0 Å². The molecule has 0 atom stereocenters. The fraction of sp³-hybridized carbons (Fsp3) is 1.00. The van der Waals surface area contributed by atoms with Gasteiger partial charge in [-0.1, -0.05) is 13.8 Å². The lowest BCUT2D eigenvalue weighted by atomic mass is 10.1. The van der Waals surface area contributed by atoms with E-state index in [0.717, 1.165) is 19.4 Å². The molecule has 0 aromatic carbocycles. The zero-order valence-corrected chi connectivity index (χ0v) is 10.5. The van der Waals surface area contributed by atoms with E-state index in [1.54, 1.807) is 4.31 Å². The van der Waals surface area contributed by atoms with Crippen molar-refractivity contribution in [3.8, 4) is 0 Å². The number of nitrogens with one attached hydrogen (secondary N) is 1. The van der Waals surface area contributed by atoms with Crippen LogP contribution >= 0.6 is 0 Å². The summed E-state index contributed by atoms with van der Waals surface area (Å²) in [5, 5.41) is 3.37. The molecule has 1 aliphatic rings. The van der Waals surface area contributed by atoms with Crippen molar-refractivity contribution in [1.29, 1.82) is 0 Å². The van der Waals surface area contributed by atoms with E-state index in [1.807, 2.05) is 6.92 Å². The third-order valence-corrected chi connectivity index (χ3v) is 4.88. The van der Waals surface area contributed by atoms with Gasteiger partial charge in [0, 0.05) is 19.1 Å². The van der Waals surface area contributed by atoms with Crippen LogP contribution < -0.4 is 5.32 Å². The SMILES string of the molecule is CCCS(=O)(=O)N1CCC(NCC)CC1. The zero-order valence-electron chi connectivity index (χ0n) is 9.70. The van der Waals surface area contributed by atoms with Crippen LogP contribution in [0.25, 0.3) is 0 Å². The number of hydrogen-bond acceptors (Lipinski definition) is 3. The van der Waals surface area contributed by atoms with Crippen molar-refractivity contribution in [1.82, 2.24) is 9.62 Å². The van der Waals surface area contributed by atoms with E-state index in [2.05, 4.69) is 12.2 Å². The Morgan fingerprint density at radius 1 is 1.27 bits per heavy atom. The molecule has 5 heteroatoms. The van der Waals surface area contributed by atoms with E-state index in [4.69, 9.17) is 0 Å². The van der Waals surface area contributed by atoms with Crippen molar-refractivity contribution in [3.05, 3.63) is 0 Å². The summed E-state index contributed by atoms with van der Waals surface area (Å²) < 4.78 is 25.2. The normalized spacial score (nSPS) is 20.7. The molecule has 1 aliphatic heterocycles. The first-order valence-electron chi connectivity index (χ1n) is 5.81. The summed E-state index contributed by atoms with van der Waals surface area (Å²) in [5.74, 6) is 0.291. The topological polar surface area (TPSA) is 49.4 Å². The summed E-state index contributed by atoms with van der Waals surface area (Å²) in [4.78, 5) is 0. The van der Waals surface area contributed by atoms with Crippen LogP contribution in [-0.2, 0) is 10.0 Å². The van der Waals surface area contributed by atoms with Gasteiger partial charge in [0.2, 0.25) is 10.0 Å². The molecule has 90 valence electrons. The molecule has 4 nitrogen and oxygen atoms in total. The first kappa shape index (κ1) is 12.9. The predicted molar refractivity (Wildman–Crippen MR) is 62.3 cm³/mol. The Hall–Kier alpha value is -0.130. The summed E-state index contributed by atoms with van der Waals surface area (Å²) in [6.45, 7) is 6.31. The second kappa shape index (κ2) is 5.82. The first-order valence-corrected chi connectivity index (χ1v) is 7.42. The molecule has 1 rings (SSSR count). The molecule has 0 aromatic heterocycles. The van der Waals surface area contributed by atoms with Gasteiger partial charge in [0.1, 0.15) is 0 Å². The van der Waals surface area contributed by atoms with Gasteiger partial charge in [0.05, 0.1) is 5.75 Å². The molecule has 0 amide bonds. The molecule has 1 heterocycles. The van der Waals surface area contributed by atoms with Crippen molar-refractivity contribution >= 4 is 10.0 Å². The molecule has 0 radical (unpaired) electrons. The molecular weight excluding hydrogens is 212 g/mol. The lowest BCUT2D eigenvalue weighted by molar-refractivity contribution is 0.292. The standard InChI is InChI=1S/C10H22N2O2S/c1-3-9-15(13,14)12-7-5-10(6-8-12)11-4-2/h10-11H,3-9H2,1-2H3. The summed E-state index contributed by atoms with van der Waals surface area (Å²) in [7, 11) is -2.97. The number of sulfonamides is 1. The minimum absolute atomic E-state index is 0.291. The van der Waals surface area contributed by atoms with Crippen molar-refractivity contribution in [2.75, 3.05) is 25.4 Å². The van der Waals surface area contributed by atoms with Gasteiger partial charge in [0.15, 0.2) is 0 Å². The highest BCUT2D eigenvalue weighted by Crippen LogP contribution is 2.14. The first-order chi connectivity index (χ1) is 7.10. The Labute approximate surface area is 93.1 Å². The Morgan fingerprint density at radius 2 is 1.87 bits per heavy atom. The van der Waals surface area contributed by atoms with Gasteiger partial charge in [-0.05, 0) is 25.8 Å². The molecular formula is C10H22N2O2S. The maximum absolute atomic E-state index is 11.8. The Kier molecular flexibility index (Phi) is 5.02. The van der Waals surface area contributed by atoms with Crippen LogP contribution in [0.5, 0.6) is 0 Å². The molecule has 15 heavy (non-hydrogen) atoms. The molecule has 0 aromatic rings. The Bertz CT molecular complexity index is 269. The van der Waals surface area contributed by atoms with Gasteiger partial charge < -0.3 is 5.32 Å². The molecule has 0 saturated carbocycles. The Morgan fingerprint density at radius 3 is 2.33 bits per heavy atom. The van der Waals surface area contributed by atoms with Gasteiger partial charge in [-0.25, -0.2) is 12.7 Å². The van der Waals surface area contributed by atoms with Crippen molar-refractivity contribution in [2.45, 2.75) is 39.2 Å². The van der Waals surface area contributed by atoms with Crippen LogP contribution in [0.3, 0.4) is 0 Å². The molecule has 0 bridgehead atoms. The van der Waals surface area contributed by atoms with Gasteiger partial charge in [-0.2, -0.15) is 0 Å². The average molecular weight is 234 g/mol. The van der Waals surface area contributed by atoms with Gasteiger partial charge >= 0.3 is 0 Å². The highest BCUT2D eigenvalue weighted by atomic mass is 32.2. The molecule has 1 N–H and O–H groups in total. The highest BCUT2D eigenvalue weighted by molar-refractivity contribution is 7.89. The molecule has 0 unspecified atom stereocenters. The second-order valence-corrected chi connectivity index (χ2v) is 6.14. The van der Waals surface area contributed by atoms with Crippen molar-refractivity contribution in [2.24, 2.45) is 0 Å². The summed E-state index contributed by atoms with van der Waals surface area (Å²) in [6, 6.07) is 0.503. The van der Waals surface area contributed by atoms with E-state index < -0.39 is 10.0 Å². The largest absolute Gasteiger partial charge is 0.314 e. The number of piperidine rings is 1. The molecule has 0 spiro atoms. The van der Waals surface area contributed by atoms with Crippen LogP contribution in [0.2, 0.25) is 0 Å². The molecule has 0 aliphatic carbocycles. The maximum atomic E-state index is 11.8. The Balaban J connectivity index is 2.43. The van der Waals surface area contributed by atoms with E-state index in [0.29, 0.717) is 31.3 Å². The van der Waals surface area contributed by atoms with Gasteiger partial charge in [0.25, 0.3) is 0 Å². The summed E-state index contributed by atoms with van der Waals surface area (Å²) in [6.07, 6.45) is 2.59. The van der Waals surface area contributed by atoms with Crippen LogP contribution in [0.1, 0.15) is 33.1 Å². The van der Waals surface area contributed by atoms with Gasteiger partial charge in [-0.15, -0.1) is 0 Å². The van der Waals surface area contributed by atoms with Crippen LogP contribution in [0.15, 0.2) is 0 Å². The number of nitrogens with zero attached hydrogens (tertiary/aromatic N) is 1. The fourth-order valence-corrected chi connectivity index (χ4v) is 3.56. The third kappa shape index (κ3) is 3.74. The minimum Gasteiger partial charge on any atom is -0.314 e. The summed E-state index contributed by atoms with van der Waals surface area (Å²) >= 11 is 0. The maximum Gasteiger partial charge on any atom is 0.214 e. The fourth-order valence-electron chi connectivity index (χ4n) is 2.01. The molecule has 1 fully saturated rings. The van der Waals surface area contributed by atoms with E-state index >= 15 is 0 Å². The highest BCUT2D eigenvalue weighted by Gasteiger charge is 2.26. The second-order valence-electron chi connectivity index (χ2n) is 4.05. The smallest absolute Gasteiger partial charge is 0.214 e. The van der Waals surface area contributed by atoms with Crippen molar-refractivity contribution < 1.29 is 8.42 Å². The van der Waals surface area contributed by atoms with Gasteiger partial charge in [-0.3, -0.25) is 0 Å². The van der Waals surface area contributed by atoms with Crippen LogP contribution in [0, 0.1) is 0 Å². The third-order valence-electron chi connectivity index (χ3n) is 2.80. The average Bonchev–Trinajstić information content (AvgIpc) is 2.19. The van der Waals surface area contributed by atoms with E-state index in [9.17, 15) is 8.42 Å². The van der Waals surface area contributed by atoms with Crippen LogP contribution in [0.4, 0.5) is 0 Å². The zero-order chi connectivity index (χ0) is 11.3. The van der Waals surface area contributed by atoms with Crippen LogP contribution in [-0.4, -0.2) is 44.2 Å². The lowest BCUT2D eigenvalue weighted by Gasteiger charge is -2.31. The quantitative estimate of drug-likeness (QED) is 0.765. The monoisotopic (exact) mass is 234 g/mol. The molecule has 1 saturated heterocycles. The van der Waals surface area contributed by atoms with E-state index in [-0.39, 0.29) is 0 Å². The number of hydrogen-bond donors (Lipinski definition) is 1. The lowest BCUT2D eigenvalue weighted by Crippen LogP contribution is -2.45. The predicted octanol–water partition coefficient (Wildman–Crippen LogP) is 0.800.